The molecule has 0 aliphatic carbocycles. The Bertz CT molecular complexity index is 753. The smallest absolute Gasteiger partial charge is 0.407 e. The van der Waals surface area contributed by atoms with Crippen LogP contribution < -0.4 is 5.32 Å². The first-order valence-electron chi connectivity index (χ1n) is 8.75. The predicted octanol–water partition coefficient (Wildman–Crippen LogP) is 2.31. The van der Waals surface area contributed by atoms with Gasteiger partial charge in [-0.25, -0.2) is 4.79 Å². The minimum absolute atomic E-state index is 0.00372. The van der Waals surface area contributed by atoms with Crippen LogP contribution in [-0.2, 0) is 20.7 Å². The van der Waals surface area contributed by atoms with Crippen LogP contribution in [0.2, 0.25) is 0 Å². The van der Waals surface area contributed by atoms with Gasteiger partial charge in [-0.15, -0.1) is 0 Å². The van der Waals surface area contributed by atoms with Gasteiger partial charge in [-0.3, -0.25) is 4.79 Å². The summed E-state index contributed by atoms with van der Waals surface area (Å²) in [6, 6.07) is 7.33. The second kappa shape index (κ2) is 9.27. The number of hydrogen-bond donors (Lipinski definition) is 1. The standard InChI is InChI=1S/C19H26N4O4/c1-14(24)12-26-13-16(22-18(25)27-19(2,3)4)10-15-6-5-7-17(11-15)23-20-8-9-21-23/h5-9,11,16H,10,12-13H2,1-4H3,(H,22,25)/t16-/m1/s1. The molecule has 1 atom stereocenters. The highest BCUT2D eigenvalue weighted by Crippen LogP contribution is 2.12. The second-order valence-corrected chi connectivity index (χ2v) is 7.25. The zero-order valence-corrected chi connectivity index (χ0v) is 16.1. The third-order valence-electron chi connectivity index (χ3n) is 3.39. The number of aromatic nitrogens is 3. The van der Waals surface area contributed by atoms with Crippen molar-refractivity contribution >= 4 is 11.9 Å². The van der Waals surface area contributed by atoms with Crippen molar-refractivity contribution in [1.29, 1.82) is 0 Å². The predicted molar refractivity (Wildman–Crippen MR) is 99.7 cm³/mol. The summed E-state index contributed by atoms with van der Waals surface area (Å²) in [5, 5.41) is 11.1. The maximum absolute atomic E-state index is 12.1. The molecule has 0 radical (unpaired) electrons. The molecule has 8 heteroatoms. The number of rotatable bonds is 8. The van der Waals surface area contributed by atoms with E-state index in [0.717, 1.165) is 11.3 Å². The number of ether oxygens (including phenoxy) is 2. The Balaban J connectivity index is 2.07. The Morgan fingerprint density at radius 3 is 2.56 bits per heavy atom. The molecule has 1 aromatic heterocycles. The number of Topliss-reactive ketones (excluding diaryl/α,β-unsaturated/α-hetero) is 1. The number of ketones is 1. The van der Waals surface area contributed by atoms with Gasteiger partial charge in [0.1, 0.15) is 12.2 Å². The second-order valence-electron chi connectivity index (χ2n) is 7.25. The number of amides is 1. The van der Waals surface area contributed by atoms with E-state index < -0.39 is 11.7 Å². The van der Waals surface area contributed by atoms with Gasteiger partial charge in [0.15, 0.2) is 5.78 Å². The number of benzene rings is 1. The minimum Gasteiger partial charge on any atom is -0.444 e. The number of hydrogen-bond acceptors (Lipinski definition) is 6. The largest absolute Gasteiger partial charge is 0.444 e. The number of nitrogens with one attached hydrogen (secondary N) is 1. The summed E-state index contributed by atoms with van der Waals surface area (Å²) >= 11 is 0. The Morgan fingerprint density at radius 1 is 1.22 bits per heavy atom. The molecule has 1 heterocycles. The van der Waals surface area contributed by atoms with Crippen LogP contribution in [0, 0.1) is 0 Å². The maximum Gasteiger partial charge on any atom is 0.407 e. The molecular formula is C19H26N4O4. The number of nitrogens with zero attached hydrogens (tertiary/aromatic N) is 3. The first kappa shape index (κ1) is 20.6. The minimum atomic E-state index is -0.597. The molecule has 0 fully saturated rings. The van der Waals surface area contributed by atoms with Gasteiger partial charge < -0.3 is 14.8 Å². The lowest BCUT2D eigenvalue weighted by atomic mass is 10.1. The van der Waals surface area contributed by atoms with Gasteiger partial charge in [0, 0.05) is 0 Å². The molecule has 0 saturated carbocycles. The van der Waals surface area contributed by atoms with Crippen molar-refractivity contribution in [2.45, 2.75) is 45.8 Å². The molecule has 0 bridgehead atoms. The third-order valence-corrected chi connectivity index (χ3v) is 3.39. The van der Waals surface area contributed by atoms with Gasteiger partial charge >= 0.3 is 6.09 Å². The van der Waals surface area contributed by atoms with Crippen molar-refractivity contribution in [2.75, 3.05) is 13.2 Å². The van der Waals surface area contributed by atoms with E-state index in [1.54, 1.807) is 33.2 Å². The van der Waals surface area contributed by atoms with E-state index in [9.17, 15) is 9.59 Å². The molecule has 2 aromatic rings. The van der Waals surface area contributed by atoms with Gasteiger partial charge in [-0.05, 0) is 51.8 Å². The highest BCUT2D eigenvalue weighted by atomic mass is 16.6. The van der Waals surface area contributed by atoms with Gasteiger partial charge in [0.25, 0.3) is 0 Å². The first-order valence-corrected chi connectivity index (χ1v) is 8.75. The summed E-state index contributed by atoms with van der Waals surface area (Å²) < 4.78 is 10.7. The lowest BCUT2D eigenvalue weighted by Gasteiger charge is -2.23. The molecule has 0 saturated heterocycles. The molecule has 1 N–H and O–H groups in total. The zero-order chi connectivity index (χ0) is 19.9. The van der Waals surface area contributed by atoms with E-state index >= 15 is 0 Å². The number of carbonyl (C=O) groups excluding carboxylic acids is 2. The lowest BCUT2D eigenvalue weighted by Crippen LogP contribution is -2.43. The van der Waals surface area contributed by atoms with Crippen LogP contribution in [0.15, 0.2) is 36.7 Å². The molecule has 146 valence electrons. The van der Waals surface area contributed by atoms with Crippen molar-refractivity contribution in [3.05, 3.63) is 42.2 Å². The average Bonchev–Trinajstić information content (AvgIpc) is 3.07. The summed E-state index contributed by atoms with van der Waals surface area (Å²) in [7, 11) is 0. The van der Waals surface area contributed by atoms with E-state index in [4.69, 9.17) is 9.47 Å². The molecule has 1 amide bonds. The van der Waals surface area contributed by atoms with Gasteiger partial charge in [0.2, 0.25) is 0 Å². The first-order chi connectivity index (χ1) is 12.7. The molecule has 0 aliphatic rings. The van der Waals surface area contributed by atoms with Crippen molar-refractivity contribution in [1.82, 2.24) is 20.3 Å². The Labute approximate surface area is 158 Å². The summed E-state index contributed by atoms with van der Waals surface area (Å²) in [6.45, 7) is 7.06. The third kappa shape index (κ3) is 7.57. The highest BCUT2D eigenvalue weighted by molar-refractivity contribution is 5.76. The number of alkyl carbamates (subject to hydrolysis) is 1. The van der Waals surface area contributed by atoms with Crippen LogP contribution in [0.25, 0.3) is 5.69 Å². The fourth-order valence-corrected chi connectivity index (χ4v) is 2.41. The van der Waals surface area contributed by atoms with Crippen LogP contribution in [0.4, 0.5) is 4.79 Å². The summed E-state index contributed by atoms with van der Waals surface area (Å²) in [4.78, 5) is 24.8. The van der Waals surface area contributed by atoms with Gasteiger partial charge in [-0.2, -0.15) is 15.0 Å². The molecule has 0 unspecified atom stereocenters. The Hall–Kier alpha value is -2.74. The SMILES string of the molecule is CC(=O)COC[C@@H](Cc1cccc(-n2nccn2)c1)NC(=O)OC(C)(C)C. The van der Waals surface area contributed by atoms with E-state index in [-0.39, 0.29) is 25.0 Å². The van der Waals surface area contributed by atoms with E-state index in [0.29, 0.717) is 6.42 Å². The van der Waals surface area contributed by atoms with Crippen LogP contribution in [0.5, 0.6) is 0 Å². The van der Waals surface area contributed by atoms with Crippen molar-refractivity contribution in [3.63, 3.8) is 0 Å². The molecule has 2 rings (SSSR count). The van der Waals surface area contributed by atoms with Crippen LogP contribution in [0.3, 0.4) is 0 Å². The number of carbonyl (C=O) groups is 2. The topological polar surface area (TPSA) is 95.3 Å². The van der Waals surface area contributed by atoms with Crippen LogP contribution in [0.1, 0.15) is 33.3 Å². The Kier molecular flexibility index (Phi) is 7.06. The zero-order valence-electron chi connectivity index (χ0n) is 16.1. The fourth-order valence-electron chi connectivity index (χ4n) is 2.41. The summed E-state index contributed by atoms with van der Waals surface area (Å²) in [5.74, 6) is -0.0715. The molecule has 0 aliphatic heterocycles. The monoisotopic (exact) mass is 374 g/mol. The van der Waals surface area contributed by atoms with Gasteiger partial charge in [-0.1, -0.05) is 12.1 Å². The van der Waals surface area contributed by atoms with Crippen LogP contribution >= 0.6 is 0 Å². The van der Waals surface area contributed by atoms with Crippen molar-refractivity contribution < 1.29 is 19.1 Å². The van der Waals surface area contributed by atoms with Gasteiger partial charge in [0.05, 0.1) is 30.7 Å². The molecular weight excluding hydrogens is 348 g/mol. The van der Waals surface area contributed by atoms with E-state index in [2.05, 4.69) is 15.5 Å². The summed E-state index contributed by atoms with van der Waals surface area (Å²) in [5.41, 5.74) is 1.19. The van der Waals surface area contributed by atoms with Crippen molar-refractivity contribution in [3.8, 4) is 5.69 Å². The van der Waals surface area contributed by atoms with E-state index in [1.807, 2.05) is 24.3 Å². The van der Waals surface area contributed by atoms with Crippen LogP contribution in [-0.4, -0.2) is 51.7 Å². The molecule has 1 aromatic carbocycles. The molecule has 27 heavy (non-hydrogen) atoms. The van der Waals surface area contributed by atoms with E-state index in [1.165, 1.54) is 11.7 Å². The summed E-state index contributed by atoms with van der Waals surface area (Å²) in [6.07, 6.45) is 3.19. The lowest BCUT2D eigenvalue weighted by molar-refractivity contribution is -0.121. The average molecular weight is 374 g/mol. The van der Waals surface area contributed by atoms with Crippen molar-refractivity contribution in [2.24, 2.45) is 0 Å². The molecule has 0 spiro atoms. The fraction of sp³-hybridized carbons (Fsp3) is 0.474. The molecule has 8 nitrogen and oxygen atoms in total. The normalized spacial score (nSPS) is 12.4. The Morgan fingerprint density at radius 2 is 1.93 bits per heavy atom. The maximum atomic E-state index is 12.1. The highest BCUT2D eigenvalue weighted by Gasteiger charge is 2.20. The quantitative estimate of drug-likeness (QED) is 0.762.